The normalized spacial score (nSPS) is 15.0. The molecule has 9 heteroatoms. The highest BCUT2D eigenvalue weighted by atomic mass is 32.1. The number of thiophene rings is 2. The van der Waals surface area contributed by atoms with E-state index in [1.807, 2.05) is 36.6 Å². The standard InChI is InChI=1S/C28H29N3O4S2/c1-5-35-28(34)24-20(18-9-6-15(2)7-10-18)14-36-25(24)30-22(32)13-31-17(4)29-26-23(27(31)33)19-11-8-16(3)12-21(19)37-26/h6-7,9-10,14,16H,5,8,11-13H2,1-4H3,(H,30,32). The molecule has 0 saturated heterocycles. The molecule has 1 N–H and O–H groups in total. The average Bonchev–Trinajstić information content (AvgIpc) is 3.43. The van der Waals surface area contributed by atoms with Crippen LogP contribution in [-0.2, 0) is 28.9 Å². The van der Waals surface area contributed by atoms with Gasteiger partial charge in [0.2, 0.25) is 5.91 Å². The number of anilines is 1. The molecule has 0 aliphatic heterocycles. The van der Waals surface area contributed by atoms with Crippen molar-refractivity contribution in [2.24, 2.45) is 5.92 Å². The molecule has 0 saturated carbocycles. The number of aryl methyl sites for hydroxylation is 3. The zero-order valence-corrected chi connectivity index (χ0v) is 23.0. The number of hydrogen-bond donors (Lipinski definition) is 1. The molecule has 1 atom stereocenters. The number of carbonyl (C=O) groups excluding carboxylic acids is 2. The number of ether oxygens (including phenoxy) is 1. The van der Waals surface area contributed by atoms with Crippen LogP contribution >= 0.6 is 22.7 Å². The van der Waals surface area contributed by atoms with Crippen LogP contribution in [0, 0.1) is 19.8 Å². The van der Waals surface area contributed by atoms with Crippen LogP contribution in [0.1, 0.15) is 52.5 Å². The van der Waals surface area contributed by atoms with Gasteiger partial charge in [-0.15, -0.1) is 22.7 Å². The molecule has 1 unspecified atom stereocenters. The van der Waals surface area contributed by atoms with Crippen molar-refractivity contribution in [3.05, 3.63) is 67.4 Å². The molecule has 5 rings (SSSR count). The van der Waals surface area contributed by atoms with Crippen LogP contribution in [-0.4, -0.2) is 28.0 Å². The Morgan fingerprint density at radius 3 is 2.70 bits per heavy atom. The molecular weight excluding hydrogens is 506 g/mol. The SMILES string of the molecule is CCOC(=O)c1c(-c2ccc(C)cc2)csc1NC(=O)Cn1c(C)nc2sc3c(c2c1=O)CCC(C)C3. The van der Waals surface area contributed by atoms with Gasteiger partial charge in [0, 0.05) is 15.8 Å². The highest BCUT2D eigenvalue weighted by Gasteiger charge is 2.26. The third kappa shape index (κ3) is 4.85. The van der Waals surface area contributed by atoms with Crippen molar-refractivity contribution in [3.63, 3.8) is 0 Å². The Balaban J connectivity index is 1.46. The lowest BCUT2D eigenvalue weighted by atomic mass is 9.89. The summed E-state index contributed by atoms with van der Waals surface area (Å²) in [6.07, 6.45) is 2.88. The van der Waals surface area contributed by atoms with E-state index in [0.29, 0.717) is 33.3 Å². The van der Waals surface area contributed by atoms with Gasteiger partial charge in [0.15, 0.2) is 0 Å². The van der Waals surface area contributed by atoms with Crippen molar-refractivity contribution < 1.29 is 14.3 Å². The van der Waals surface area contributed by atoms with Crippen molar-refractivity contribution in [1.82, 2.24) is 9.55 Å². The monoisotopic (exact) mass is 535 g/mol. The van der Waals surface area contributed by atoms with E-state index in [1.165, 1.54) is 20.8 Å². The number of hydrogen-bond acceptors (Lipinski definition) is 7. The quantitative estimate of drug-likeness (QED) is 0.318. The van der Waals surface area contributed by atoms with E-state index in [1.54, 1.807) is 25.2 Å². The van der Waals surface area contributed by atoms with Crippen molar-refractivity contribution in [2.45, 2.75) is 53.5 Å². The van der Waals surface area contributed by atoms with Gasteiger partial charge < -0.3 is 10.1 Å². The summed E-state index contributed by atoms with van der Waals surface area (Å²) in [7, 11) is 0. The first kappa shape index (κ1) is 25.4. The van der Waals surface area contributed by atoms with Crippen LogP contribution < -0.4 is 10.9 Å². The largest absolute Gasteiger partial charge is 0.462 e. The average molecular weight is 536 g/mol. The zero-order chi connectivity index (χ0) is 26.3. The van der Waals surface area contributed by atoms with E-state index in [9.17, 15) is 14.4 Å². The van der Waals surface area contributed by atoms with E-state index >= 15 is 0 Å². The number of benzene rings is 1. The topological polar surface area (TPSA) is 90.3 Å². The smallest absolute Gasteiger partial charge is 0.341 e. The van der Waals surface area contributed by atoms with E-state index in [0.717, 1.165) is 40.8 Å². The maximum absolute atomic E-state index is 13.5. The lowest BCUT2D eigenvalue weighted by molar-refractivity contribution is -0.116. The van der Waals surface area contributed by atoms with E-state index in [-0.39, 0.29) is 18.7 Å². The fourth-order valence-electron chi connectivity index (χ4n) is 4.82. The predicted octanol–water partition coefficient (Wildman–Crippen LogP) is 5.74. The highest BCUT2D eigenvalue weighted by Crippen LogP contribution is 2.37. The second kappa shape index (κ2) is 10.2. The van der Waals surface area contributed by atoms with Gasteiger partial charge in [0.1, 0.15) is 27.8 Å². The van der Waals surface area contributed by atoms with Crippen molar-refractivity contribution >= 4 is 49.8 Å². The van der Waals surface area contributed by atoms with Gasteiger partial charge in [0.25, 0.3) is 5.56 Å². The lowest BCUT2D eigenvalue weighted by Gasteiger charge is -2.17. The summed E-state index contributed by atoms with van der Waals surface area (Å²) in [5, 5.41) is 5.75. The van der Waals surface area contributed by atoms with Gasteiger partial charge in [-0.3, -0.25) is 14.2 Å². The Labute approximate surface area is 223 Å². The van der Waals surface area contributed by atoms with E-state index < -0.39 is 11.9 Å². The summed E-state index contributed by atoms with van der Waals surface area (Å²) in [6, 6.07) is 7.83. The molecule has 0 spiro atoms. The summed E-state index contributed by atoms with van der Waals surface area (Å²) in [5.41, 5.74) is 3.91. The van der Waals surface area contributed by atoms with Crippen LogP contribution in [0.5, 0.6) is 0 Å². The second-order valence-electron chi connectivity index (χ2n) is 9.57. The van der Waals surface area contributed by atoms with Gasteiger partial charge in [-0.1, -0.05) is 36.8 Å². The van der Waals surface area contributed by atoms with E-state index in [2.05, 4.69) is 17.2 Å². The minimum atomic E-state index is -0.495. The number of fused-ring (bicyclic) bond motifs is 3. The summed E-state index contributed by atoms with van der Waals surface area (Å²) in [6.45, 7) is 7.76. The minimum absolute atomic E-state index is 0.179. The predicted molar refractivity (Wildman–Crippen MR) is 149 cm³/mol. The van der Waals surface area contributed by atoms with Gasteiger partial charge >= 0.3 is 5.97 Å². The first-order valence-electron chi connectivity index (χ1n) is 12.4. The fourth-order valence-corrected chi connectivity index (χ4v) is 7.21. The van der Waals surface area contributed by atoms with Crippen LogP contribution in [0.2, 0.25) is 0 Å². The molecule has 3 heterocycles. The molecule has 0 fully saturated rings. The Morgan fingerprint density at radius 2 is 1.97 bits per heavy atom. The Morgan fingerprint density at radius 1 is 1.22 bits per heavy atom. The fraction of sp³-hybridized carbons (Fsp3) is 0.357. The molecule has 3 aromatic heterocycles. The molecule has 1 amide bonds. The molecule has 1 aromatic carbocycles. The molecule has 0 bridgehead atoms. The molecule has 1 aliphatic rings. The number of nitrogens with one attached hydrogen (secondary N) is 1. The Kier molecular flexibility index (Phi) is 7.00. The summed E-state index contributed by atoms with van der Waals surface area (Å²) in [5.74, 6) is 0.201. The molecular formula is C28H29N3O4S2. The molecule has 37 heavy (non-hydrogen) atoms. The zero-order valence-electron chi connectivity index (χ0n) is 21.3. The van der Waals surface area contributed by atoms with Crippen LogP contribution in [0.4, 0.5) is 5.00 Å². The number of esters is 1. The number of nitrogens with zero attached hydrogens (tertiary/aromatic N) is 2. The highest BCUT2D eigenvalue weighted by molar-refractivity contribution is 7.18. The molecule has 192 valence electrons. The number of carbonyl (C=O) groups is 2. The second-order valence-corrected chi connectivity index (χ2v) is 11.5. The maximum atomic E-state index is 13.5. The van der Waals surface area contributed by atoms with Gasteiger partial charge in [-0.05, 0) is 57.1 Å². The van der Waals surface area contributed by atoms with Crippen LogP contribution in [0.15, 0.2) is 34.4 Å². The van der Waals surface area contributed by atoms with Crippen LogP contribution in [0.3, 0.4) is 0 Å². The molecule has 7 nitrogen and oxygen atoms in total. The minimum Gasteiger partial charge on any atom is -0.462 e. The lowest BCUT2D eigenvalue weighted by Crippen LogP contribution is -2.30. The molecule has 4 aromatic rings. The van der Waals surface area contributed by atoms with Gasteiger partial charge in [-0.25, -0.2) is 9.78 Å². The maximum Gasteiger partial charge on any atom is 0.341 e. The van der Waals surface area contributed by atoms with Gasteiger partial charge in [0.05, 0.1) is 12.0 Å². The van der Waals surface area contributed by atoms with Gasteiger partial charge in [-0.2, -0.15) is 0 Å². The third-order valence-corrected chi connectivity index (χ3v) is 8.84. The number of aromatic nitrogens is 2. The van der Waals surface area contributed by atoms with E-state index in [4.69, 9.17) is 4.74 Å². The molecule has 1 aliphatic carbocycles. The number of amides is 1. The summed E-state index contributed by atoms with van der Waals surface area (Å²) < 4.78 is 6.73. The number of rotatable bonds is 6. The van der Waals surface area contributed by atoms with Crippen molar-refractivity contribution in [3.8, 4) is 11.1 Å². The Hall–Kier alpha value is -3.30. The van der Waals surface area contributed by atoms with Crippen molar-refractivity contribution in [2.75, 3.05) is 11.9 Å². The van der Waals surface area contributed by atoms with Crippen molar-refractivity contribution in [1.29, 1.82) is 0 Å². The first-order valence-corrected chi connectivity index (χ1v) is 14.1. The third-order valence-electron chi connectivity index (χ3n) is 6.79. The summed E-state index contributed by atoms with van der Waals surface area (Å²) in [4.78, 5) is 46.2. The first-order chi connectivity index (χ1) is 17.8. The molecule has 0 radical (unpaired) electrons. The summed E-state index contributed by atoms with van der Waals surface area (Å²) >= 11 is 2.86. The Bertz CT molecular complexity index is 1560. The van der Waals surface area contributed by atoms with Crippen LogP contribution in [0.25, 0.3) is 21.3 Å².